The molecule has 0 heterocycles. The van der Waals surface area contributed by atoms with Crippen LogP contribution in [0.5, 0.6) is 5.75 Å². The van der Waals surface area contributed by atoms with Gasteiger partial charge in [0.25, 0.3) is 5.91 Å². The van der Waals surface area contributed by atoms with Crippen LogP contribution >= 0.6 is 27.5 Å². The van der Waals surface area contributed by atoms with Crippen LogP contribution in [0.2, 0.25) is 5.02 Å². The number of nitrogens with one attached hydrogen (secondary N) is 1. The van der Waals surface area contributed by atoms with Gasteiger partial charge in [-0.15, -0.1) is 0 Å². The maximum atomic E-state index is 11.9. The van der Waals surface area contributed by atoms with E-state index in [4.69, 9.17) is 16.3 Å². The number of nitrogens with zero attached hydrogens (tertiary/aromatic N) is 1. The second-order valence-electron chi connectivity index (χ2n) is 5.07. The predicted octanol–water partition coefficient (Wildman–Crippen LogP) is 4.80. The molecule has 0 spiro atoms. The number of hydrazone groups is 1. The van der Waals surface area contributed by atoms with Crippen LogP contribution in [0, 0.1) is 0 Å². The smallest absolute Gasteiger partial charge is 0.277 e. The molecule has 1 amide bonds. The van der Waals surface area contributed by atoms with E-state index in [0.29, 0.717) is 10.8 Å². The summed E-state index contributed by atoms with van der Waals surface area (Å²) in [5, 5.41) is 4.67. The summed E-state index contributed by atoms with van der Waals surface area (Å²) in [5.74, 6) is 0.120. The summed E-state index contributed by atoms with van der Waals surface area (Å²) in [6.45, 7) is 1.91. The lowest BCUT2D eigenvalue weighted by Crippen LogP contribution is -2.26. The van der Waals surface area contributed by atoms with Gasteiger partial charge in [0.1, 0.15) is 5.75 Å². The summed E-state index contributed by atoms with van der Waals surface area (Å²) < 4.78 is 6.27. The zero-order valence-corrected chi connectivity index (χ0v) is 15.6. The van der Waals surface area contributed by atoms with E-state index < -0.39 is 0 Å². The monoisotopic (exact) mass is 408 g/mol. The average Bonchev–Trinajstić information content (AvgIpc) is 2.58. The molecule has 2 rings (SSSR count). The third-order valence-corrected chi connectivity index (χ3v) is 3.95. The van der Waals surface area contributed by atoms with Crippen molar-refractivity contribution in [2.45, 2.75) is 19.8 Å². The van der Waals surface area contributed by atoms with Gasteiger partial charge in [0.05, 0.1) is 10.7 Å². The minimum absolute atomic E-state index is 0.154. The number of ether oxygens (including phenoxy) is 1. The molecule has 0 aliphatic heterocycles. The molecule has 0 aromatic heterocycles. The highest BCUT2D eigenvalue weighted by atomic mass is 79.9. The largest absolute Gasteiger partial charge is 0.482 e. The topological polar surface area (TPSA) is 50.7 Å². The third-order valence-electron chi connectivity index (χ3n) is 3.16. The number of hydrogen-bond donors (Lipinski definition) is 1. The van der Waals surface area contributed by atoms with Gasteiger partial charge in [-0.25, -0.2) is 5.43 Å². The van der Waals surface area contributed by atoms with Crippen LogP contribution in [-0.2, 0) is 4.79 Å². The van der Waals surface area contributed by atoms with Gasteiger partial charge in [0, 0.05) is 4.47 Å². The van der Waals surface area contributed by atoms with Crippen molar-refractivity contribution < 1.29 is 9.53 Å². The van der Waals surface area contributed by atoms with Gasteiger partial charge in [0.2, 0.25) is 0 Å². The molecule has 4 nitrogen and oxygen atoms in total. The lowest BCUT2D eigenvalue weighted by atomic mass is 10.1. The lowest BCUT2D eigenvalue weighted by molar-refractivity contribution is -0.123. The summed E-state index contributed by atoms with van der Waals surface area (Å²) in [7, 11) is 0. The Hall–Kier alpha value is -1.85. The first-order valence-corrected chi connectivity index (χ1v) is 8.76. The Morgan fingerprint density at radius 2 is 2.00 bits per heavy atom. The molecule has 6 heteroatoms. The minimum atomic E-state index is -0.335. The molecular weight excluding hydrogens is 392 g/mol. The Balaban J connectivity index is 1.95. The van der Waals surface area contributed by atoms with Crippen LogP contribution < -0.4 is 10.2 Å². The van der Waals surface area contributed by atoms with E-state index in [1.165, 1.54) is 0 Å². The Morgan fingerprint density at radius 3 is 2.67 bits per heavy atom. The molecule has 2 aromatic carbocycles. The lowest BCUT2D eigenvalue weighted by Gasteiger charge is -2.09. The predicted molar refractivity (Wildman–Crippen MR) is 101 cm³/mol. The number of halogens is 2. The second kappa shape index (κ2) is 9.45. The zero-order chi connectivity index (χ0) is 17.4. The highest BCUT2D eigenvalue weighted by Crippen LogP contribution is 2.27. The summed E-state index contributed by atoms with van der Waals surface area (Å²) in [6.07, 6.45) is 1.72. The molecule has 0 radical (unpaired) electrons. The van der Waals surface area contributed by atoms with Gasteiger partial charge in [-0.1, -0.05) is 71.2 Å². The van der Waals surface area contributed by atoms with Crippen LogP contribution in [0.4, 0.5) is 0 Å². The molecule has 0 saturated heterocycles. The van der Waals surface area contributed by atoms with E-state index in [1.54, 1.807) is 18.2 Å². The van der Waals surface area contributed by atoms with Crippen molar-refractivity contribution in [3.8, 4) is 5.75 Å². The van der Waals surface area contributed by atoms with Crippen molar-refractivity contribution in [2.24, 2.45) is 5.10 Å². The fourth-order valence-electron chi connectivity index (χ4n) is 2.03. The van der Waals surface area contributed by atoms with Crippen molar-refractivity contribution in [1.82, 2.24) is 5.43 Å². The van der Waals surface area contributed by atoms with Crippen molar-refractivity contribution in [1.29, 1.82) is 0 Å². The summed E-state index contributed by atoms with van der Waals surface area (Å²) in [4.78, 5) is 11.9. The second-order valence-corrected chi connectivity index (χ2v) is 6.40. The molecule has 0 atom stereocenters. The van der Waals surface area contributed by atoms with E-state index in [-0.39, 0.29) is 12.5 Å². The van der Waals surface area contributed by atoms with Gasteiger partial charge in [0.15, 0.2) is 6.61 Å². The van der Waals surface area contributed by atoms with Crippen LogP contribution in [0.25, 0.3) is 0 Å². The van der Waals surface area contributed by atoms with Gasteiger partial charge in [-0.2, -0.15) is 5.10 Å². The molecule has 126 valence electrons. The molecule has 1 N–H and O–H groups in total. The third kappa shape index (κ3) is 5.65. The zero-order valence-electron chi connectivity index (χ0n) is 13.3. The standard InChI is InChI=1S/C18H18BrClN2O2/c1-2-6-16(13-7-4-3-5-8-13)21-22-18(23)12-24-17-10-9-14(19)11-15(17)20/h3-5,7-11H,2,6,12H2,1H3,(H,22,23). The molecule has 24 heavy (non-hydrogen) atoms. The van der Waals surface area contributed by atoms with Crippen molar-refractivity contribution >= 4 is 39.1 Å². The quantitative estimate of drug-likeness (QED) is 0.527. The number of amides is 1. The van der Waals surface area contributed by atoms with Crippen LogP contribution in [0.3, 0.4) is 0 Å². The first kappa shape index (κ1) is 18.5. The summed E-state index contributed by atoms with van der Waals surface area (Å²) in [6, 6.07) is 15.0. The SMILES string of the molecule is CCCC(=NNC(=O)COc1ccc(Br)cc1Cl)c1ccccc1. The van der Waals surface area contributed by atoms with Crippen molar-refractivity contribution in [3.05, 3.63) is 63.6 Å². The van der Waals surface area contributed by atoms with Gasteiger partial charge in [-0.3, -0.25) is 4.79 Å². The minimum Gasteiger partial charge on any atom is -0.482 e. The Kier molecular flexibility index (Phi) is 7.28. The van der Waals surface area contributed by atoms with E-state index in [9.17, 15) is 4.79 Å². The summed E-state index contributed by atoms with van der Waals surface area (Å²) >= 11 is 9.36. The number of rotatable bonds is 7. The molecule has 0 bridgehead atoms. The molecule has 0 aliphatic rings. The van der Waals surface area contributed by atoms with E-state index >= 15 is 0 Å². The first-order chi connectivity index (χ1) is 11.6. The molecule has 2 aromatic rings. The van der Waals surface area contributed by atoms with Crippen LogP contribution in [0.1, 0.15) is 25.3 Å². The maximum Gasteiger partial charge on any atom is 0.277 e. The van der Waals surface area contributed by atoms with Gasteiger partial charge >= 0.3 is 0 Å². The Labute approximate surface area is 155 Å². The van der Waals surface area contributed by atoms with E-state index in [0.717, 1.165) is 28.6 Å². The van der Waals surface area contributed by atoms with Gasteiger partial charge < -0.3 is 4.74 Å². The van der Waals surface area contributed by atoms with Crippen LogP contribution in [0.15, 0.2) is 58.1 Å². The average molecular weight is 410 g/mol. The highest BCUT2D eigenvalue weighted by molar-refractivity contribution is 9.10. The maximum absolute atomic E-state index is 11.9. The molecule has 0 fully saturated rings. The van der Waals surface area contributed by atoms with Gasteiger partial charge in [-0.05, 0) is 30.2 Å². The molecule has 0 saturated carbocycles. The fourth-order valence-corrected chi connectivity index (χ4v) is 2.76. The van der Waals surface area contributed by atoms with E-state index in [2.05, 4.69) is 33.4 Å². The number of carbonyl (C=O) groups is 1. The Bertz CT molecular complexity index is 720. The van der Waals surface area contributed by atoms with Crippen molar-refractivity contribution in [3.63, 3.8) is 0 Å². The molecular formula is C18H18BrClN2O2. The van der Waals surface area contributed by atoms with Crippen molar-refractivity contribution in [2.75, 3.05) is 6.61 Å². The molecule has 0 unspecified atom stereocenters. The molecule has 0 aliphatic carbocycles. The Morgan fingerprint density at radius 1 is 1.25 bits per heavy atom. The highest BCUT2D eigenvalue weighted by Gasteiger charge is 2.07. The number of hydrogen-bond acceptors (Lipinski definition) is 3. The fraction of sp³-hybridized carbons (Fsp3) is 0.222. The first-order valence-electron chi connectivity index (χ1n) is 7.59. The number of carbonyl (C=O) groups excluding carboxylic acids is 1. The van der Waals surface area contributed by atoms with E-state index in [1.807, 2.05) is 30.3 Å². The number of benzene rings is 2. The normalized spacial score (nSPS) is 11.2. The summed E-state index contributed by atoms with van der Waals surface area (Å²) in [5.41, 5.74) is 4.38. The van der Waals surface area contributed by atoms with Crippen LogP contribution in [-0.4, -0.2) is 18.2 Å².